The molecule has 2 aliphatic heterocycles. The van der Waals surface area contributed by atoms with Gasteiger partial charge < -0.3 is 19.1 Å². The molecule has 1 saturated heterocycles. The summed E-state index contributed by atoms with van der Waals surface area (Å²) in [4.78, 5) is 17.7. The van der Waals surface area contributed by atoms with Crippen molar-refractivity contribution in [1.82, 2.24) is 9.80 Å². The summed E-state index contributed by atoms with van der Waals surface area (Å²) in [6.45, 7) is 3.34. The highest BCUT2D eigenvalue weighted by atomic mass is 16.5. The summed E-state index contributed by atoms with van der Waals surface area (Å²) in [6.07, 6.45) is 1.08. The van der Waals surface area contributed by atoms with Gasteiger partial charge in [-0.3, -0.25) is 9.69 Å². The van der Waals surface area contributed by atoms with Crippen molar-refractivity contribution in [3.8, 4) is 17.2 Å². The van der Waals surface area contributed by atoms with E-state index in [1.807, 2.05) is 4.90 Å². The van der Waals surface area contributed by atoms with Gasteiger partial charge in [-0.05, 0) is 29.7 Å². The molecule has 0 aromatic heterocycles. The first kappa shape index (κ1) is 18.6. The van der Waals surface area contributed by atoms with Crippen molar-refractivity contribution < 1.29 is 19.0 Å². The third-order valence-electron chi connectivity index (χ3n) is 5.77. The van der Waals surface area contributed by atoms with E-state index < -0.39 is 0 Å². The van der Waals surface area contributed by atoms with E-state index >= 15 is 0 Å². The number of piperazine rings is 1. The second-order valence-electron chi connectivity index (χ2n) is 7.17. The predicted octanol–water partition coefficient (Wildman–Crippen LogP) is 2.77. The van der Waals surface area contributed by atoms with Crippen molar-refractivity contribution in [2.24, 2.45) is 0 Å². The smallest absolute Gasteiger partial charge is 0.254 e. The zero-order chi connectivity index (χ0) is 19.7. The molecular weight excluding hydrogens is 356 g/mol. The van der Waals surface area contributed by atoms with Crippen LogP contribution >= 0.6 is 0 Å². The molecule has 0 radical (unpaired) electrons. The van der Waals surface area contributed by atoms with Crippen LogP contribution in [0.2, 0.25) is 0 Å². The number of ether oxygens (including phenoxy) is 3. The number of fused-ring (bicyclic) bond motifs is 3. The molecule has 148 valence electrons. The van der Waals surface area contributed by atoms with E-state index in [4.69, 9.17) is 14.2 Å². The zero-order valence-corrected chi connectivity index (χ0v) is 16.6. The Kier molecular flexibility index (Phi) is 5.13. The minimum absolute atomic E-state index is 0.0121. The lowest BCUT2D eigenvalue weighted by Crippen LogP contribution is -2.52. The number of nitrogens with zero attached hydrogens (tertiary/aromatic N) is 2. The van der Waals surface area contributed by atoms with Gasteiger partial charge in [-0.1, -0.05) is 24.3 Å². The summed E-state index contributed by atoms with van der Waals surface area (Å²) in [5.74, 6) is 1.47. The van der Waals surface area contributed by atoms with Crippen LogP contribution in [0, 0.1) is 0 Å². The number of methoxy groups -OCH3 is 3. The number of amides is 1. The van der Waals surface area contributed by atoms with Crippen LogP contribution in [-0.2, 0) is 6.42 Å². The summed E-state index contributed by atoms with van der Waals surface area (Å²) in [5, 5.41) is 0. The van der Waals surface area contributed by atoms with Crippen LogP contribution in [0.4, 0.5) is 0 Å². The molecule has 2 aliphatic rings. The van der Waals surface area contributed by atoms with Gasteiger partial charge in [0, 0.05) is 31.7 Å². The molecule has 0 saturated carbocycles. The highest BCUT2D eigenvalue weighted by molar-refractivity contribution is 5.95. The average molecular weight is 382 g/mol. The second-order valence-corrected chi connectivity index (χ2v) is 7.17. The van der Waals surface area contributed by atoms with Gasteiger partial charge in [-0.2, -0.15) is 0 Å². The maximum atomic E-state index is 13.3. The van der Waals surface area contributed by atoms with Crippen molar-refractivity contribution in [1.29, 1.82) is 0 Å². The number of carbonyl (C=O) groups is 1. The highest BCUT2D eigenvalue weighted by Crippen LogP contribution is 2.39. The Labute approximate surface area is 165 Å². The van der Waals surface area contributed by atoms with Crippen LogP contribution in [0.15, 0.2) is 36.4 Å². The molecule has 0 N–H and O–H groups in total. The standard InChI is InChI=1S/C22H26N2O4/c1-26-19-12-16(13-20(27-2)21(19)28-3)22(25)24-11-10-23-9-8-15-6-4-5-7-17(15)18(23)14-24/h4-7,12-13,18H,8-11,14H2,1-3H3. The van der Waals surface area contributed by atoms with Crippen LogP contribution in [0.3, 0.4) is 0 Å². The SMILES string of the molecule is COc1cc(C(=O)N2CCN3CCc4ccccc4C3C2)cc(OC)c1OC. The van der Waals surface area contributed by atoms with Crippen molar-refractivity contribution in [2.45, 2.75) is 12.5 Å². The minimum atomic E-state index is -0.0121. The summed E-state index contributed by atoms with van der Waals surface area (Å²) in [6, 6.07) is 12.3. The molecule has 6 heteroatoms. The van der Waals surface area contributed by atoms with E-state index in [2.05, 4.69) is 29.2 Å². The maximum absolute atomic E-state index is 13.3. The number of hydrogen-bond acceptors (Lipinski definition) is 5. The molecule has 28 heavy (non-hydrogen) atoms. The van der Waals surface area contributed by atoms with Crippen LogP contribution in [0.5, 0.6) is 17.2 Å². The molecule has 2 aromatic carbocycles. The van der Waals surface area contributed by atoms with Crippen LogP contribution < -0.4 is 14.2 Å². The Morgan fingerprint density at radius 2 is 1.68 bits per heavy atom. The molecular formula is C22H26N2O4. The molecule has 0 aliphatic carbocycles. The van der Waals surface area contributed by atoms with Gasteiger partial charge in [-0.15, -0.1) is 0 Å². The number of hydrogen-bond donors (Lipinski definition) is 0. The van der Waals surface area contributed by atoms with Crippen molar-refractivity contribution in [2.75, 3.05) is 47.5 Å². The van der Waals surface area contributed by atoms with E-state index in [-0.39, 0.29) is 11.9 Å². The Bertz CT molecular complexity index is 858. The Balaban J connectivity index is 1.62. The van der Waals surface area contributed by atoms with Gasteiger partial charge in [0.2, 0.25) is 5.75 Å². The molecule has 0 bridgehead atoms. The topological polar surface area (TPSA) is 51.2 Å². The van der Waals surface area contributed by atoms with E-state index in [1.54, 1.807) is 33.5 Å². The van der Waals surface area contributed by atoms with Gasteiger partial charge in [0.15, 0.2) is 11.5 Å². The van der Waals surface area contributed by atoms with Crippen molar-refractivity contribution in [3.63, 3.8) is 0 Å². The summed E-state index contributed by atoms with van der Waals surface area (Å²) < 4.78 is 16.2. The summed E-state index contributed by atoms with van der Waals surface area (Å²) in [5.41, 5.74) is 3.29. The number of benzene rings is 2. The van der Waals surface area contributed by atoms with Gasteiger partial charge in [0.05, 0.1) is 27.4 Å². The second kappa shape index (κ2) is 7.72. The summed E-state index contributed by atoms with van der Waals surface area (Å²) in [7, 11) is 4.67. The zero-order valence-electron chi connectivity index (χ0n) is 16.6. The molecule has 4 rings (SSSR count). The molecule has 6 nitrogen and oxygen atoms in total. The largest absolute Gasteiger partial charge is 0.493 e. The maximum Gasteiger partial charge on any atom is 0.254 e. The quantitative estimate of drug-likeness (QED) is 0.814. The fraction of sp³-hybridized carbons (Fsp3) is 0.409. The van der Waals surface area contributed by atoms with Crippen LogP contribution in [-0.4, -0.2) is 63.2 Å². The monoisotopic (exact) mass is 382 g/mol. The fourth-order valence-corrected chi connectivity index (χ4v) is 4.31. The first-order valence-electron chi connectivity index (χ1n) is 9.57. The average Bonchev–Trinajstić information content (AvgIpc) is 2.76. The van der Waals surface area contributed by atoms with Crippen molar-refractivity contribution >= 4 is 5.91 Å². The molecule has 0 spiro atoms. The van der Waals surface area contributed by atoms with Crippen LogP contribution in [0.25, 0.3) is 0 Å². The molecule has 2 heterocycles. The van der Waals surface area contributed by atoms with E-state index in [9.17, 15) is 4.79 Å². The van der Waals surface area contributed by atoms with Gasteiger partial charge in [-0.25, -0.2) is 0 Å². The Morgan fingerprint density at radius 3 is 2.36 bits per heavy atom. The highest BCUT2D eigenvalue weighted by Gasteiger charge is 2.34. The molecule has 1 unspecified atom stereocenters. The lowest BCUT2D eigenvalue weighted by Gasteiger charge is -2.45. The lowest BCUT2D eigenvalue weighted by molar-refractivity contribution is 0.0453. The first-order valence-corrected chi connectivity index (χ1v) is 9.57. The third-order valence-corrected chi connectivity index (χ3v) is 5.77. The minimum Gasteiger partial charge on any atom is -0.493 e. The third kappa shape index (κ3) is 3.18. The molecule has 1 amide bonds. The Hall–Kier alpha value is -2.73. The molecule has 1 fully saturated rings. The Morgan fingerprint density at radius 1 is 0.964 bits per heavy atom. The van der Waals surface area contributed by atoms with Crippen LogP contribution in [0.1, 0.15) is 27.5 Å². The predicted molar refractivity (Wildman–Crippen MR) is 106 cm³/mol. The van der Waals surface area contributed by atoms with Gasteiger partial charge in [0.1, 0.15) is 0 Å². The van der Waals surface area contributed by atoms with Gasteiger partial charge in [0.25, 0.3) is 5.91 Å². The molecule has 2 aromatic rings. The number of rotatable bonds is 4. The lowest BCUT2D eigenvalue weighted by atomic mass is 9.91. The van der Waals surface area contributed by atoms with E-state index in [0.29, 0.717) is 35.9 Å². The first-order chi connectivity index (χ1) is 13.7. The van der Waals surface area contributed by atoms with E-state index in [0.717, 1.165) is 19.5 Å². The summed E-state index contributed by atoms with van der Waals surface area (Å²) >= 11 is 0. The van der Waals surface area contributed by atoms with E-state index in [1.165, 1.54) is 11.1 Å². The normalized spacial score (nSPS) is 18.8. The van der Waals surface area contributed by atoms with Gasteiger partial charge >= 0.3 is 0 Å². The number of carbonyl (C=O) groups excluding carboxylic acids is 1. The fourth-order valence-electron chi connectivity index (χ4n) is 4.31. The molecule has 1 atom stereocenters. The van der Waals surface area contributed by atoms with Crippen molar-refractivity contribution in [3.05, 3.63) is 53.1 Å².